The van der Waals surface area contributed by atoms with Gasteiger partial charge < -0.3 is 9.88 Å². The molecule has 6 heteroatoms. The van der Waals surface area contributed by atoms with Crippen molar-refractivity contribution in [2.75, 3.05) is 13.1 Å². The van der Waals surface area contributed by atoms with E-state index in [1.165, 1.54) is 12.8 Å². The first-order chi connectivity index (χ1) is 12.8. The molecule has 1 aromatic carbocycles. The zero-order valence-corrected chi connectivity index (χ0v) is 14.7. The lowest BCUT2D eigenvalue weighted by Gasteiger charge is -2.16. The van der Waals surface area contributed by atoms with Crippen LogP contribution in [0.5, 0.6) is 0 Å². The van der Waals surface area contributed by atoms with Crippen LogP contribution in [0.3, 0.4) is 0 Å². The van der Waals surface area contributed by atoms with E-state index in [0.717, 1.165) is 54.0 Å². The first-order valence-electron chi connectivity index (χ1n) is 9.50. The van der Waals surface area contributed by atoms with E-state index in [1.54, 1.807) is 0 Å². The van der Waals surface area contributed by atoms with Crippen LogP contribution in [0, 0.1) is 5.92 Å². The summed E-state index contributed by atoms with van der Waals surface area (Å²) in [6.45, 7) is 1.66. The minimum Gasteiger partial charge on any atom is -0.361 e. The van der Waals surface area contributed by atoms with Crippen molar-refractivity contribution >= 4 is 16.8 Å². The summed E-state index contributed by atoms with van der Waals surface area (Å²) in [7, 11) is 0. The Hall–Kier alpha value is -2.63. The molecule has 1 aliphatic carbocycles. The van der Waals surface area contributed by atoms with E-state index in [0.29, 0.717) is 18.3 Å². The Bertz CT molecular complexity index is 938. The van der Waals surface area contributed by atoms with Crippen molar-refractivity contribution in [3.05, 3.63) is 47.7 Å². The number of hydrogen-bond donors (Lipinski definition) is 2. The maximum absolute atomic E-state index is 12.7. The zero-order valence-electron chi connectivity index (χ0n) is 14.7. The van der Waals surface area contributed by atoms with Crippen molar-refractivity contribution in [2.24, 2.45) is 5.92 Å². The third kappa shape index (κ3) is 3.00. The summed E-state index contributed by atoms with van der Waals surface area (Å²) in [5.41, 5.74) is 2.17. The fourth-order valence-corrected chi connectivity index (χ4v) is 3.98. The molecular weight excluding hydrogens is 326 g/mol. The smallest absolute Gasteiger partial charge is 0.227 e. The van der Waals surface area contributed by atoms with E-state index >= 15 is 0 Å². The van der Waals surface area contributed by atoms with Gasteiger partial charge in [-0.25, -0.2) is 4.98 Å². The lowest BCUT2D eigenvalue weighted by atomic mass is 10.0. The fourth-order valence-electron chi connectivity index (χ4n) is 3.98. The molecule has 0 radical (unpaired) electrons. The van der Waals surface area contributed by atoms with Crippen LogP contribution < -0.4 is 0 Å². The van der Waals surface area contributed by atoms with Crippen molar-refractivity contribution in [3.63, 3.8) is 0 Å². The van der Waals surface area contributed by atoms with Gasteiger partial charge in [0.2, 0.25) is 5.91 Å². The highest BCUT2D eigenvalue weighted by Gasteiger charge is 2.30. The van der Waals surface area contributed by atoms with E-state index in [-0.39, 0.29) is 5.91 Å². The molecule has 1 atom stereocenters. The summed E-state index contributed by atoms with van der Waals surface area (Å²) in [6, 6.07) is 8.14. The first-order valence-corrected chi connectivity index (χ1v) is 9.50. The van der Waals surface area contributed by atoms with Crippen LogP contribution >= 0.6 is 0 Å². The number of nitrogens with one attached hydrogen (secondary N) is 2. The van der Waals surface area contributed by atoms with E-state index in [1.807, 2.05) is 29.3 Å². The number of aromatic nitrogens is 4. The molecule has 26 heavy (non-hydrogen) atoms. The number of hydrogen-bond acceptors (Lipinski definition) is 3. The van der Waals surface area contributed by atoms with Crippen molar-refractivity contribution < 1.29 is 4.79 Å². The monoisotopic (exact) mass is 349 g/mol. The molecule has 1 saturated heterocycles. The SMILES string of the molecule is O=C(Cc1c[nH]c2ccccc12)N1CCC(Cc2nc(C3CC3)n[nH]2)C1. The van der Waals surface area contributed by atoms with E-state index in [9.17, 15) is 4.79 Å². The van der Waals surface area contributed by atoms with Gasteiger partial charge >= 0.3 is 0 Å². The number of nitrogens with zero attached hydrogens (tertiary/aromatic N) is 3. The number of amides is 1. The van der Waals surface area contributed by atoms with Crippen molar-refractivity contribution in [2.45, 2.75) is 38.0 Å². The zero-order chi connectivity index (χ0) is 17.5. The normalized spacial score (nSPS) is 20.2. The lowest BCUT2D eigenvalue weighted by Crippen LogP contribution is -2.30. The number of benzene rings is 1. The molecule has 2 aliphatic rings. The van der Waals surface area contributed by atoms with Crippen molar-refractivity contribution in [1.82, 2.24) is 25.1 Å². The molecule has 3 heterocycles. The molecule has 2 fully saturated rings. The third-order valence-corrected chi connectivity index (χ3v) is 5.63. The molecule has 3 aromatic rings. The van der Waals surface area contributed by atoms with Gasteiger partial charge in [-0.1, -0.05) is 18.2 Å². The second-order valence-electron chi connectivity index (χ2n) is 7.65. The molecule has 2 aromatic heterocycles. The summed E-state index contributed by atoms with van der Waals surface area (Å²) in [6.07, 6.45) is 6.79. The number of aromatic amines is 2. The molecular formula is C20H23N5O. The Kier molecular flexibility index (Phi) is 3.76. The molecule has 1 saturated carbocycles. The minimum atomic E-state index is 0.216. The summed E-state index contributed by atoms with van der Waals surface area (Å²) in [5, 5.41) is 8.56. The Labute approximate surface area is 152 Å². The summed E-state index contributed by atoms with van der Waals surface area (Å²) in [4.78, 5) is 22.6. The number of carbonyl (C=O) groups is 1. The predicted octanol–water partition coefficient (Wildman–Crippen LogP) is 2.80. The molecule has 1 unspecified atom stereocenters. The van der Waals surface area contributed by atoms with E-state index in [4.69, 9.17) is 0 Å². The highest BCUT2D eigenvalue weighted by atomic mass is 16.2. The standard InChI is InChI=1S/C20H23N5O/c26-19(10-15-11-21-17-4-2-1-3-16(15)17)25-8-7-13(12-25)9-18-22-20(24-23-18)14-5-6-14/h1-4,11,13-14,21H,5-10,12H2,(H,22,23,24). The fraction of sp³-hybridized carbons (Fsp3) is 0.450. The number of rotatable bonds is 5. The maximum Gasteiger partial charge on any atom is 0.227 e. The molecule has 1 aliphatic heterocycles. The molecule has 2 N–H and O–H groups in total. The maximum atomic E-state index is 12.7. The molecule has 0 spiro atoms. The predicted molar refractivity (Wildman–Crippen MR) is 98.8 cm³/mol. The number of H-pyrrole nitrogens is 2. The Morgan fingerprint density at radius 3 is 3.00 bits per heavy atom. The van der Waals surface area contributed by atoms with Crippen LogP contribution in [-0.2, 0) is 17.6 Å². The van der Waals surface area contributed by atoms with Crippen LogP contribution in [0.2, 0.25) is 0 Å². The summed E-state index contributed by atoms with van der Waals surface area (Å²) < 4.78 is 0. The minimum absolute atomic E-state index is 0.216. The van der Waals surface area contributed by atoms with Gasteiger partial charge in [0.15, 0.2) is 5.82 Å². The van der Waals surface area contributed by atoms with Crippen LogP contribution in [0.1, 0.15) is 42.4 Å². The van der Waals surface area contributed by atoms with Crippen LogP contribution in [0.15, 0.2) is 30.5 Å². The average Bonchev–Trinajstić information content (AvgIpc) is 3.06. The highest BCUT2D eigenvalue weighted by molar-refractivity contribution is 5.88. The van der Waals surface area contributed by atoms with Crippen LogP contribution in [-0.4, -0.2) is 44.1 Å². The van der Waals surface area contributed by atoms with Gasteiger partial charge in [-0.2, -0.15) is 5.10 Å². The van der Waals surface area contributed by atoms with Gasteiger partial charge in [-0.05, 0) is 36.8 Å². The van der Waals surface area contributed by atoms with Crippen LogP contribution in [0.25, 0.3) is 10.9 Å². The average molecular weight is 349 g/mol. The van der Waals surface area contributed by atoms with Gasteiger partial charge in [0, 0.05) is 42.5 Å². The summed E-state index contributed by atoms with van der Waals surface area (Å²) in [5.74, 6) is 3.22. The third-order valence-electron chi connectivity index (χ3n) is 5.63. The molecule has 6 nitrogen and oxygen atoms in total. The highest BCUT2D eigenvalue weighted by Crippen LogP contribution is 2.37. The quantitative estimate of drug-likeness (QED) is 0.743. The van der Waals surface area contributed by atoms with E-state index < -0.39 is 0 Å². The van der Waals surface area contributed by atoms with Crippen molar-refractivity contribution in [3.8, 4) is 0 Å². The molecule has 5 rings (SSSR count). The van der Waals surface area contributed by atoms with Gasteiger partial charge in [-0.15, -0.1) is 0 Å². The second-order valence-corrected chi connectivity index (χ2v) is 7.65. The van der Waals surface area contributed by atoms with Gasteiger partial charge in [0.25, 0.3) is 0 Å². The number of para-hydroxylation sites is 1. The van der Waals surface area contributed by atoms with E-state index in [2.05, 4.69) is 26.2 Å². The molecule has 0 bridgehead atoms. The first kappa shape index (κ1) is 15.6. The second kappa shape index (κ2) is 6.27. The van der Waals surface area contributed by atoms with Gasteiger partial charge in [0.1, 0.15) is 5.82 Å². The number of fused-ring (bicyclic) bond motifs is 1. The van der Waals surface area contributed by atoms with Gasteiger partial charge in [-0.3, -0.25) is 9.89 Å². The van der Waals surface area contributed by atoms with Gasteiger partial charge in [0.05, 0.1) is 6.42 Å². The number of likely N-dealkylation sites (tertiary alicyclic amines) is 1. The Morgan fingerprint density at radius 1 is 1.23 bits per heavy atom. The van der Waals surface area contributed by atoms with Crippen molar-refractivity contribution in [1.29, 1.82) is 0 Å². The Morgan fingerprint density at radius 2 is 2.12 bits per heavy atom. The topological polar surface area (TPSA) is 77.7 Å². The Balaban J connectivity index is 1.20. The molecule has 134 valence electrons. The largest absolute Gasteiger partial charge is 0.361 e. The summed E-state index contributed by atoms with van der Waals surface area (Å²) >= 11 is 0. The molecule has 1 amide bonds. The lowest BCUT2D eigenvalue weighted by molar-refractivity contribution is -0.129. The number of carbonyl (C=O) groups excluding carboxylic acids is 1. The van der Waals surface area contributed by atoms with Crippen LogP contribution in [0.4, 0.5) is 0 Å².